The van der Waals surface area contributed by atoms with Crippen molar-refractivity contribution in [2.75, 3.05) is 12.8 Å². The number of rotatable bonds is 3. The molecule has 0 aliphatic rings. The lowest BCUT2D eigenvalue weighted by Gasteiger charge is -2.28. The summed E-state index contributed by atoms with van der Waals surface area (Å²) in [7, 11) is 1.75. The van der Waals surface area contributed by atoms with Crippen molar-refractivity contribution in [3.63, 3.8) is 0 Å². The minimum Gasteiger partial charge on any atom is -0.399 e. The van der Waals surface area contributed by atoms with Crippen molar-refractivity contribution >= 4 is 34.8 Å². The van der Waals surface area contributed by atoms with Gasteiger partial charge in [0.15, 0.2) is 0 Å². The van der Waals surface area contributed by atoms with Crippen molar-refractivity contribution in [2.45, 2.75) is 26.8 Å². The molecule has 100 valence electrons. The average Bonchev–Trinajstić information content (AvgIpc) is 2.30. The number of carbonyl (C=O) groups excluding carboxylic acids is 1. The number of amides is 1. The van der Waals surface area contributed by atoms with E-state index in [4.69, 9.17) is 28.9 Å². The van der Waals surface area contributed by atoms with E-state index in [1.54, 1.807) is 18.0 Å². The number of hydrogen-bond acceptors (Lipinski definition) is 2. The van der Waals surface area contributed by atoms with Crippen LogP contribution in [0.2, 0.25) is 10.0 Å². The number of nitrogen functional groups attached to an aromatic ring is 1. The van der Waals surface area contributed by atoms with E-state index in [0.717, 1.165) is 0 Å². The number of nitrogens with two attached hydrogens (primary N) is 1. The Morgan fingerprint density at radius 1 is 1.28 bits per heavy atom. The molecule has 1 unspecified atom stereocenters. The van der Waals surface area contributed by atoms with Gasteiger partial charge in [-0.3, -0.25) is 4.79 Å². The molecular weight excluding hydrogens is 271 g/mol. The molecule has 2 N–H and O–H groups in total. The number of nitrogens with zero attached hydrogens (tertiary/aromatic N) is 1. The number of carbonyl (C=O) groups is 1. The molecule has 3 nitrogen and oxygen atoms in total. The summed E-state index contributed by atoms with van der Waals surface area (Å²) < 4.78 is 0. The number of hydrogen-bond donors (Lipinski definition) is 1. The summed E-state index contributed by atoms with van der Waals surface area (Å²) in [5.41, 5.74) is 6.46. The molecule has 0 spiro atoms. The maximum absolute atomic E-state index is 12.3. The van der Waals surface area contributed by atoms with E-state index in [1.807, 2.05) is 6.92 Å². The normalized spacial score (nSPS) is 12.6. The van der Waals surface area contributed by atoms with E-state index >= 15 is 0 Å². The summed E-state index contributed by atoms with van der Waals surface area (Å²) in [5.74, 6) is 0.185. The van der Waals surface area contributed by atoms with Crippen LogP contribution in [0.3, 0.4) is 0 Å². The van der Waals surface area contributed by atoms with E-state index in [2.05, 4.69) is 13.8 Å². The lowest BCUT2D eigenvalue weighted by Crippen LogP contribution is -2.38. The van der Waals surface area contributed by atoms with Crippen molar-refractivity contribution in [1.82, 2.24) is 4.90 Å². The highest BCUT2D eigenvalue weighted by molar-refractivity contribution is 6.44. The molecule has 1 rings (SSSR count). The summed E-state index contributed by atoms with van der Waals surface area (Å²) in [6.07, 6.45) is 0. The highest BCUT2D eigenvalue weighted by atomic mass is 35.5. The smallest absolute Gasteiger partial charge is 0.255 e. The molecule has 1 aromatic rings. The molecule has 0 saturated carbocycles. The molecule has 0 bridgehead atoms. The number of halogens is 2. The fourth-order valence-electron chi connectivity index (χ4n) is 1.59. The second-order valence-corrected chi connectivity index (χ2v) is 5.55. The number of benzene rings is 1. The van der Waals surface area contributed by atoms with Crippen LogP contribution in [0.1, 0.15) is 31.1 Å². The molecule has 0 aliphatic carbocycles. The Bertz CT molecular complexity index is 461. The quantitative estimate of drug-likeness (QED) is 0.862. The van der Waals surface area contributed by atoms with Crippen molar-refractivity contribution in [1.29, 1.82) is 0 Å². The zero-order chi connectivity index (χ0) is 14.0. The van der Waals surface area contributed by atoms with E-state index < -0.39 is 0 Å². The van der Waals surface area contributed by atoms with Gasteiger partial charge in [-0.05, 0) is 25.0 Å². The summed E-state index contributed by atoms with van der Waals surface area (Å²) in [6.45, 7) is 6.11. The lowest BCUT2D eigenvalue weighted by molar-refractivity contribution is 0.0707. The Hall–Kier alpha value is -0.930. The zero-order valence-corrected chi connectivity index (χ0v) is 12.5. The Balaban J connectivity index is 3.11. The van der Waals surface area contributed by atoms with Crippen LogP contribution in [-0.4, -0.2) is 23.9 Å². The van der Waals surface area contributed by atoms with Crippen LogP contribution in [-0.2, 0) is 0 Å². The first-order valence-electron chi connectivity index (χ1n) is 5.77. The second-order valence-electron chi connectivity index (χ2n) is 4.76. The average molecular weight is 289 g/mol. The summed E-state index contributed by atoms with van der Waals surface area (Å²) in [5, 5.41) is 0.546. The Morgan fingerprint density at radius 3 is 2.33 bits per heavy atom. The molecule has 18 heavy (non-hydrogen) atoms. The predicted octanol–water partition coefficient (Wildman–Crippen LogP) is 3.69. The van der Waals surface area contributed by atoms with E-state index in [-0.39, 0.29) is 17.0 Å². The lowest BCUT2D eigenvalue weighted by atomic mass is 10.0. The first-order chi connectivity index (χ1) is 8.25. The molecular formula is C13H18Cl2N2O. The third-order valence-corrected chi connectivity index (χ3v) is 3.98. The third kappa shape index (κ3) is 3.09. The molecule has 0 heterocycles. The van der Waals surface area contributed by atoms with Gasteiger partial charge in [-0.25, -0.2) is 0 Å². The first kappa shape index (κ1) is 15.1. The van der Waals surface area contributed by atoms with Gasteiger partial charge >= 0.3 is 0 Å². The van der Waals surface area contributed by atoms with Crippen LogP contribution in [0, 0.1) is 5.92 Å². The van der Waals surface area contributed by atoms with Crippen molar-refractivity contribution in [3.8, 4) is 0 Å². The molecule has 0 fully saturated rings. The van der Waals surface area contributed by atoms with Gasteiger partial charge in [0, 0.05) is 18.8 Å². The highest BCUT2D eigenvalue weighted by Gasteiger charge is 2.23. The summed E-state index contributed by atoms with van der Waals surface area (Å²) in [4.78, 5) is 14.0. The van der Waals surface area contributed by atoms with Gasteiger partial charge in [0.2, 0.25) is 0 Å². The Kier molecular flexibility index (Phi) is 4.88. The van der Waals surface area contributed by atoms with Gasteiger partial charge in [0.05, 0.1) is 15.6 Å². The molecule has 0 aromatic heterocycles. The Labute approximate surface area is 118 Å². The zero-order valence-electron chi connectivity index (χ0n) is 11.0. The van der Waals surface area contributed by atoms with Crippen LogP contribution in [0.5, 0.6) is 0 Å². The molecule has 1 aromatic carbocycles. The van der Waals surface area contributed by atoms with E-state index in [0.29, 0.717) is 22.2 Å². The molecule has 5 heteroatoms. The topological polar surface area (TPSA) is 46.3 Å². The maximum Gasteiger partial charge on any atom is 0.255 e. The largest absolute Gasteiger partial charge is 0.399 e. The van der Waals surface area contributed by atoms with Gasteiger partial charge < -0.3 is 10.6 Å². The molecule has 0 radical (unpaired) electrons. The summed E-state index contributed by atoms with van der Waals surface area (Å²) in [6, 6.07) is 3.20. The fourth-order valence-corrected chi connectivity index (χ4v) is 2.01. The Morgan fingerprint density at radius 2 is 1.83 bits per heavy atom. The van der Waals surface area contributed by atoms with Crippen LogP contribution in [0.25, 0.3) is 0 Å². The molecule has 1 atom stereocenters. The van der Waals surface area contributed by atoms with Gasteiger partial charge in [-0.15, -0.1) is 0 Å². The van der Waals surface area contributed by atoms with E-state index in [9.17, 15) is 4.79 Å². The highest BCUT2D eigenvalue weighted by Crippen LogP contribution is 2.30. The second kappa shape index (κ2) is 5.81. The minimum absolute atomic E-state index is 0.105. The van der Waals surface area contributed by atoms with Gasteiger partial charge in [0.25, 0.3) is 5.91 Å². The number of anilines is 1. The van der Waals surface area contributed by atoms with Crippen molar-refractivity contribution in [3.05, 3.63) is 27.7 Å². The molecule has 1 amide bonds. The van der Waals surface area contributed by atoms with Crippen molar-refractivity contribution < 1.29 is 4.79 Å². The van der Waals surface area contributed by atoms with Crippen molar-refractivity contribution in [2.24, 2.45) is 5.92 Å². The van der Waals surface area contributed by atoms with Gasteiger partial charge in [-0.1, -0.05) is 37.0 Å². The first-order valence-corrected chi connectivity index (χ1v) is 6.53. The molecule has 0 aliphatic heterocycles. The summed E-state index contributed by atoms with van der Waals surface area (Å²) >= 11 is 12.0. The third-order valence-electron chi connectivity index (χ3n) is 3.18. The van der Waals surface area contributed by atoms with Gasteiger partial charge in [0.1, 0.15) is 0 Å². The fraction of sp³-hybridized carbons (Fsp3) is 0.462. The standard InChI is InChI=1S/C13H18Cl2N2O/c1-7(2)8(3)17(4)13(18)10-5-9(16)6-11(14)12(10)15/h5-8H,16H2,1-4H3. The predicted molar refractivity (Wildman–Crippen MR) is 77.3 cm³/mol. The monoisotopic (exact) mass is 288 g/mol. The van der Waals surface area contributed by atoms with E-state index in [1.165, 1.54) is 6.07 Å². The minimum atomic E-state index is -0.171. The maximum atomic E-state index is 12.3. The molecule has 0 saturated heterocycles. The van der Waals surface area contributed by atoms with Gasteiger partial charge in [-0.2, -0.15) is 0 Å². The van der Waals surface area contributed by atoms with Crippen LogP contribution in [0.15, 0.2) is 12.1 Å². The van der Waals surface area contributed by atoms with Crippen LogP contribution < -0.4 is 5.73 Å². The van der Waals surface area contributed by atoms with Crippen LogP contribution >= 0.6 is 23.2 Å². The SMILES string of the molecule is CC(C)C(C)N(C)C(=O)c1cc(N)cc(Cl)c1Cl. The van der Waals surface area contributed by atoms with Crippen LogP contribution in [0.4, 0.5) is 5.69 Å².